The van der Waals surface area contributed by atoms with E-state index in [1.807, 2.05) is 4.90 Å². The molecule has 2 atom stereocenters. The average molecular weight is 322 g/mol. The Bertz CT molecular complexity index is 477. The van der Waals surface area contributed by atoms with Crippen LogP contribution in [0.25, 0.3) is 0 Å². The van der Waals surface area contributed by atoms with Crippen LogP contribution in [0.5, 0.6) is 0 Å². The molecule has 0 radical (unpaired) electrons. The molecule has 23 heavy (non-hydrogen) atoms. The van der Waals surface area contributed by atoms with Crippen LogP contribution in [-0.2, 0) is 19.1 Å². The van der Waals surface area contributed by atoms with E-state index in [0.717, 1.165) is 71.2 Å². The van der Waals surface area contributed by atoms with Gasteiger partial charge in [-0.05, 0) is 25.7 Å². The first kappa shape index (κ1) is 15.4. The van der Waals surface area contributed by atoms with Crippen LogP contribution in [0.2, 0.25) is 0 Å². The first-order valence-corrected chi connectivity index (χ1v) is 9.00. The molecular formula is C17H26N2O4. The number of hydrogen-bond donors (Lipinski definition) is 0. The van der Waals surface area contributed by atoms with Gasteiger partial charge in [-0.2, -0.15) is 0 Å². The van der Waals surface area contributed by atoms with Gasteiger partial charge in [0.05, 0.1) is 5.41 Å². The van der Waals surface area contributed by atoms with Crippen molar-refractivity contribution >= 4 is 11.9 Å². The van der Waals surface area contributed by atoms with Gasteiger partial charge in [0.1, 0.15) is 12.2 Å². The number of hydrogen-bond acceptors (Lipinski definition) is 5. The summed E-state index contributed by atoms with van der Waals surface area (Å²) in [6.07, 6.45) is 5.74. The SMILES string of the molecule is O=C([C@@H]1CCCO1)N1CCN(C[C@H]2CC3(CCC3)C(=O)O2)CC1. The van der Waals surface area contributed by atoms with Crippen LogP contribution in [0.4, 0.5) is 0 Å². The summed E-state index contributed by atoms with van der Waals surface area (Å²) in [6.45, 7) is 4.76. The quantitative estimate of drug-likeness (QED) is 0.719. The van der Waals surface area contributed by atoms with Gasteiger partial charge in [-0.25, -0.2) is 0 Å². The molecule has 6 heteroatoms. The van der Waals surface area contributed by atoms with Crippen molar-refractivity contribution in [1.82, 2.24) is 9.80 Å². The number of ether oxygens (including phenoxy) is 2. The minimum atomic E-state index is -0.212. The van der Waals surface area contributed by atoms with Crippen molar-refractivity contribution in [3.8, 4) is 0 Å². The third-order valence-corrected chi connectivity index (χ3v) is 5.99. The number of esters is 1. The van der Waals surface area contributed by atoms with Crippen LogP contribution in [-0.4, -0.2) is 73.2 Å². The number of nitrogens with zero attached hydrogens (tertiary/aromatic N) is 2. The Morgan fingerprint density at radius 3 is 2.52 bits per heavy atom. The lowest BCUT2D eigenvalue weighted by Crippen LogP contribution is -2.52. The molecular weight excluding hydrogens is 296 g/mol. The summed E-state index contributed by atoms with van der Waals surface area (Å²) in [6, 6.07) is 0. The van der Waals surface area contributed by atoms with Crippen LogP contribution in [0.3, 0.4) is 0 Å². The van der Waals surface area contributed by atoms with E-state index in [-0.39, 0.29) is 29.5 Å². The monoisotopic (exact) mass is 322 g/mol. The van der Waals surface area contributed by atoms with Gasteiger partial charge in [0, 0.05) is 45.8 Å². The molecule has 0 aromatic heterocycles. The molecule has 6 nitrogen and oxygen atoms in total. The van der Waals surface area contributed by atoms with Gasteiger partial charge in [-0.15, -0.1) is 0 Å². The predicted octanol–water partition coefficient (Wildman–Crippen LogP) is 0.795. The zero-order valence-electron chi connectivity index (χ0n) is 13.7. The molecule has 3 aliphatic heterocycles. The maximum atomic E-state index is 12.3. The van der Waals surface area contributed by atoms with Crippen molar-refractivity contribution in [2.24, 2.45) is 5.41 Å². The minimum absolute atomic E-state index is 0.0287. The molecule has 1 amide bonds. The maximum Gasteiger partial charge on any atom is 0.312 e. The molecule has 4 fully saturated rings. The number of amides is 1. The highest BCUT2D eigenvalue weighted by Crippen LogP contribution is 2.50. The second-order valence-electron chi connectivity index (χ2n) is 7.49. The van der Waals surface area contributed by atoms with Gasteiger partial charge in [0.25, 0.3) is 5.91 Å². The largest absolute Gasteiger partial charge is 0.461 e. The van der Waals surface area contributed by atoms with Gasteiger partial charge in [-0.3, -0.25) is 14.5 Å². The lowest BCUT2D eigenvalue weighted by molar-refractivity contribution is -0.152. The van der Waals surface area contributed by atoms with Crippen molar-refractivity contribution in [3.63, 3.8) is 0 Å². The first-order chi connectivity index (χ1) is 11.2. The van der Waals surface area contributed by atoms with E-state index in [1.165, 1.54) is 0 Å². The molecule has 0 N–H and O–H groups in total. The number of piperazine rings is 1. The Balaban J connectivity index is 1.24. The van der Waals surface area contributed by atoms with E-state index in [9.17, 15) is 9.59 Å². The second-order valence-corrected chi connectivity index (χ2v) is 7.49. The number of rotatable bonds is 3. The number of carbonyl (C=O) groups excluding carboxylic acids is 2. The molecule has 1 aliphatic carbocycles. The molecule has 1 saturated carbocycles. The standard InChI is InChI=1S/C17H26N2O4/c20-15(14-3-1-10-22-14)19-8-6-18(7-9-19)12-13-11-17(4-2-5-17)16(21)23-13/h13-14H,1-12H2/t13-,14+/m1/s1. The van der Waals surface area contributed by atoms with Crippen LogP contribution >= 0.6 is 0 Å². The van der Waals surface area contributed by atoms with E-state index in [2.05, 4.69) is 4.90 Å². The van der Waals surface area contributed by atoms with Crippen LogP contribution in [0.15, 0.2) is 0 Å². The molecule has 3 saturated heterocycles. The molecule has 0 aromatic rings. The second kappa shape index (κ2) is 6.06. The van der Waals surface area contributed by atoms with Gasteiger partial charge in [0.15, 0.2) is 0 Å². The summed E-state index contributed by atoms with van der Waals surface area (Å²) in [5.41, 5.74) is -0.137. The Hall–Kier alpha value is -1.14. The van der Waals surface area contributed by atoms with E-state index in [0.29, 0.717) is 6.61 Å². The van der Waals surface area contributed by atoms with Crippen LogP contribution < -0.4 is 0 Å². The van der Waals surface area contributed by atoms with Crippen molar-refractivity contribution in [1.29, 1.82) is 0 Å². The third kappa shape index (κ3) is 2.87. The van der Waals surface area contributed by atoms with E-state index >= 15 is 0 Å². The lowest BCUT2D eigenvalue weighted by atomic mass is 9.67. The zero-order valence-corrected chi connectivity index (χ0v) is 13.7. The summed E-state index contributed by atoms with van der Waals surface area (Å²) in [4.78, 5) is 28.6. The Kier molecular flexibility index (Phi) is 4.05. The third-order valence-electron chi connectivity index (χ3n) is 5.99. The van der Waals surface area contributed by atoms with Crippen LogP contribution in [0, 0.1) is 5.41 Å². The van der Waals surface area contributed by atoms with Gasteiger partial charge < -0.3 is 14.4 Å². The summed E-state index contributed by atoms with van der Waals surface area (Å²) < 4.78 is 11.1. The highest BCUT2D eigenvalue weighted by Gasteiger charge is 2.53. The molecule has 4 rings (SSSR count). The fraction of sp³-hybridized carbons (Fsp3) is 0.882. The van der Waals surface area contributed by atoms with Crippen molar-refractivity contribution in [3.05, 3.63) is 0 Å². The molecule has 1 spiro atoms. The van der Waals surface area contributed by atoms with E-state index in [1.54, 1.807) is 0 Å². The minimum Gasteiger partial charge on any atom is -0.461 e. The molecule has 0 bridgehead atoms. The molecule has 0 aromatic carbocycles. The average Bonchev–Trinajstić information content (AvgIpc) is 3.14. The van der Waals surface area contributed by atoms with E-state index < -0.39 is 0 Å². The lowest BCUT2D eigenvalue weighted by Gasteiger charge is -2.37. The molecule has 3 heterocycles. The van der Waals surface area contributed by atoms with Crippen LogP contribution in [0.1, 0.15) is 38.5 Å². The Morgan fingerprint density at radius 1 is 1.17 bits per heavy atom. The molecule has 4 aliphatic rings. The number of carbonyl (C=O) groups is 2. The topological polar surface area (TPSA) is 59.1 Å². The summed E-state index contributed by atoms with van der Waals surface area (Å²) >= 11 is 0. The normalized spacial score (nSPS) is 33.7. The summed E-state index contributed by atoms with van der Waals surface area (Å²) in [5.74, 6) is 0.184. The van der Waals surface area contributed by atoms with E-state index in [4.69, 9.17) is 9.47 Å². The van der Waals surface area contributed by atoms with Gasteiger partial charge in [0.2, 0.25) is 0 Å². The molecule has 0 unspecified atom stereocenters. The first-order valence-electron chi connectivity index (χ1n) is 9.00. The fourth-order valence-corrected chi connectivity index (χ4v) is 4.37. The fourth-order valence-electron chi connectivity index (χ4n) is 4.37. The predicted molar refractivity (Wildman–Crippen MR) is 82.8 cm³/mol. The molecule has 128 valence electrons. The highest BCUT2D eigenvalue weighted by molar-refractivity contribution is 5.81. The van der Waals surface area contributed by atoms with Crippen molar-refractivity contribution in [2.45, 2.75) is 50.7 Å². The van der Waals surface area contributed by atoms with Gasteiger partial charge >= 0.3 is 5.97 Å². The van der Waals surface area contributed by atoms with Gasteiger partial charge in [-0.1, -0.05) is 6.42 Å². The summed E-state index contributed by atoms with van der Waals surface area (Å²) in [5, 5.41) is 0. The number of cyclic esters (lactones) is 1. The smallest absolute Gasteiger partial charge is 0.312 e. The van der Waals surface area contributed by atoms with Crippen molar-refractivity contribution in [2.75, 3.05) is 39.3 Å². The highest BCUT2D eigenvalue weighted by atomic mass is 16.6. The zero-order chi connectivity index (χ0) is 15.9. The Labute approximate surface area is 137 Å². The summed E-state index contributed by atoms with van der Waals surface area (Å²) in [7, 11) is 0. The maximum absolute atomic E-state index is 12.3. The Morgan fingerprint density at radius 2 is 1.96 bits per heavy atom. The van der Waals surface area contributed by atoms with Crippen molar-refractivity contribution < 1.29 is 19.1 Å².